The van der Waals surface area contributed by atoms with Crippen LogP contribution in [0.2, 0.25) is 0 Å². The Labute approximate surface area is 151 Å². The molecule has 2 heterocycles. The van der Waals surface area contributed by atoms with E-state index in [9.17, 15) is 4.79 Å². The third-order valence-corrected chi connectivity index (χ3v) is 4.04. The molecule has 0 saturated heterocycles. The normalized spacial score (nSPS) is 12.2. The minimum Gasteiger partial charge on any atom is -0.496 e. The summed E-state index contributed by atoms with van der Waals surface area (Å²) >= 11 is 0. The van der Waals surface area contributed by atoms with Gasteiger partial charge < -0.3 is 14.6 Å². The molecule has 1 unspecified atom stereocenters. The van der Waals surface area contributed by atoms with Gasteiger partial charge in [-0.25, -0.2) is 0 Å². The molecule has 8 heteroatoms. The number of benzene rings is 1. The fourth-order valence-corrected chi connectivity index (χ4v) is 2.83. The zero-order chi connectivity index (χ0) is 18.5. The molecule has 0 aliphatic rings. The zero-order valence-corrected chi connectivity index (χ0v) is 15.0. The molecule has 3 aromatic rings. The minimum absolute atomic E-state index is 0.0703. The molecule has 0 aliphatic carbocycles. The predicted molar refractivity (Wildman–Crippen MR) is 97.7 cm³/mol. The Morgan fingerprint density at radius 3 is 2.69 bits per heavy atom. The Bertz CT molecular complexity index is 843. The summed E-state index contributed by atoms with van der Waals surface area (Å²) < 4.78 is 7.28. The van der Waals surface area contributed by atoms with Crippen LogP contribution in [-0.2, 0) is 4.79 Å². The molecule has 3 rings (SSSR count). The Balaban J connectivity index is 1.85. The number of hydrogen-bond donors (Lipinski definition) is 2. The van der Waals surface area contributed by atoms with Gasteiger partial charge in [0.1, 0.15) is 11.8 Å². The van der Waals surface area contributed by atoms with Crippen LogP contribution < -0.4 is 10.1 Å². The van der Waals surface area contributed by atoms with Gasteiger partial charge in [0.05, 0.1) is 12.7 Å². The maximum absolute atomic E-state index is 12.9. The van der Waals surface area contributed by atoms with Crippen molar-refractivity contribution in [3.05, 3.63) is 42.7 Å². The lowest BCUT2D eigenvalue weighted by Gasteiger charge is -2.21. The second kappa shape index (κ2) is 7.81. The van der Waals surface area contributed by atoms with E-state index in [1.165, 1.54) is 0 Å². The first-order valence-electron chi connectivity index (χ1n) is 8.43. The van der Waals surface area contributed by atoms with Gasteiger partial charge in [0.25, 0.3) is 0 Å². The van der Waals surface area contributed by atoms with Crippen LogP contribution in [0, 0.1) is 5.92 Å². The third-order valence-electron chi connectivity index (χ3n) is 4.04. The topological polar surface area (TPSA) is 97.7 Å². The smallest absolute Gasteiger partial charge is 0.247 e. The van der Waals surface area contributed by atoms with Crippen LogP contribution in [0.15, 0.2) is 42.7 Å². The van der Waals surface area contributed by atoms with E-state index in [4.69, 9.17) is 4.74 Å². The third kappa shape index (κ3) is 3.90. The molecule has 0 bridgehead atoms. The molecule has 1 aromatic carbocycles. The quantitative estimate of drug-likeness (QED) is 0.680. The van der Waals surface area contributed by atoms with Crippen molar-refractivity contribution in [3.8, 4) is 17.1 Å². The summed E-state index contributed by atoms with van der Waals surface area (Å²) in [4.78, 5) is 12.9. The number of ether oxygens (including phenoxy) is 1. The lowest BCUT2D eigenvalue weighted by Crippen LogP contribution is -2.26. The first kappa shape index (κ1) is 17.7. The van der Waals surface area contributed by atoms with Gasteiger partial charge in [-0.1, -0.05) is 13.8 Å². The van der Waals surface area contributed by atoms with E-state index in [0.717, 1.165) is 6.42 Å². The van der Waals surface area contributed by atoms with Crippen LogP contribution in [-0.4, -0.2) is 38.2 Å². The molecule has 2 N–H and O–H groups in total. The number of nitrogens with one attached hydrogen (secondary N) is 2. The van der Waals surface area contributed by atoms with Gasteiger partial charge in [-0.05, 0) is 47.9 Å². The van der Waals surface area contributed by atoms with Crippen LogP contribution in [0.25, 0.3) is 11.4 Å². The average molecular weight is 354 g/mol. The first-order chi connectivity index (χ1) is 12.6. The number of aromatic amines is 1. The molecule has 1 atom stereocenters. The number of H-pyrrole nitrogens is 1. The number of tetrazole rings is 1. The SMILES string of the molecule is COc1ccc(NC(=O)C(CC(C)C)n2cccc2)cc1-c1nn[nH]n1. The standard InChI is InChI=1S/C18H22N6O2/c1-12(2)10-15(24-8-4-5-9-24)18(25)19-13-6-7-16(26-3)14(11-13)17-20-22-23-21-17/h4-9,11-12,15H,10H2,1-3H3,(H,19,25)(H,20,21,22,23). The van der Waals surface area contributed by atoms with E-state index in [2.05, 4.69) is 39.8 Å². The van der Waals surface area contributed by atoms with E-state index in [0.29, 0.717) is 28.7 Å². The highest BCUT2D eigenvalue weighted by Gasteiger charge is 2.22. The summed E-state index contributed by atoms with van der Waals surface area (Å²) in [5.41, 5.74) is 1.30. The van der Waals surface area contributed by atoms with Crippen LogP contribution in [0.4, 0.5) is 5.69 Å². The summed E-state index contributed by atoms with van der Waals surface area (Å²) in [6, 6.07) is 8.91. The maximum Gasteiger partial charge on any atom is 0.247 e. The minimum atomic E-state index is -0.277. The van der Waals surface area contributed by atoms with Crippen LogP contribution in [0.3, 0.4) is 0 Å². The summed E-state index contributed by atoms with van der Waals surface area (Å²) in [6.07, 6.45) is 4.56. The Kier molecular flexibility index (Phi) is 5.31. The van der Waals surface area contributed by atoms with Crippen molar-refractivity contribution in [2.45, 2.75) is 26.3 Å². The molecule has 0 spiro atoms. The highest BCUT2D eigenvalue weighted by Crippen LogP contribution is 2.30. The molecule has 8 nitrogen and oxygen atoms in total. The highest BCUT2D eigenvalue weighted by atomic mass is 16.5. The molecule has 136 valence electrons. The largest absolute Gasteiger partial charge is 0.496 e. The van der Waals surface area contributed by atoms with Crippen molar-refractivity contribution < 1.29 is 9.53 Å². The lowest BCUT2D eigenvalue weighted by atomic mass is 10.0. The molecular formula is C18H22N6O2. The Hall–Kier alpha value is -3.16. The fourth-order valence-electron chi connectivity index (χ4n) is 2.83. The molecule has 0 fully saturated rings. The van der Waals surface area contributed by atoms with Crippen LogP contribution in [0.5, 0.6) is 5.75 Å². The van der Waals surface area contributed by atoms with Gasteiger partial charge in [-0.3, -0.25) is 4.79 Å². The van der Waals surface area contributed by atoms with Gasteiger partial charge in [-0.2, -0.15) is 5.21 Å². The van der Waals surface area contributed by atoms with Crippen LogP contribution in [0.1, 0.15) is 26.3 Å². The summed E-state index contributed by atoms with van der Waals surface area (Å²) in [7, 11) is 1.57. The second-order valence-corrected chi connectivity index (χ2v) is 6.42. The number of hydrogen-bond acceptors (Lipinski definition) is 5. The number of methoxy groups -OCH3 is 1. The van der Waals surface area contributed by atoms with E-state index >= 15 is 0 Å². The van der Waals surface area contributed by atoms with E-state index < -0.39 is 0 Å². The molecule has 0 saturated carbocycles. The zero-order valence-electron chi connectivity index (χ0n) is 15.0. The van der Waals surface area contributed by atoms with Crippen molar-refractivity contribution >= 4 is 11.6 Å². The maximum atomic E-state index is 12.9. The summed E-state index contributed by atoms with van der Waals surface area (Å²) in [5.74, 6) is 1.33. The summed E-state index contributed by atoms with van der Waals surface area (Å²) in [6.45, 7) is 4.21. The van der Waals surface area contributed by atoms with Gasteiger partial charge in [-0.15, -0.1) is 10.2 Å². The number of rotatable bonds is 7. The molecule has 2 aromatic heterocycles. The molecule has 0 radical (unpaired) electrons. The number of carbonyl (C=O) groups is 1. The molecular weight excluding hydrogens is 332 g/mol. The second-order valence-electron chi connectivity index (χ2n) is 6.42. The average Bonchev–Trinajstić information content (AvgIpc) is 3.33. The summed E-state index contributed by atoms with van der Waals surface area (Å²) in [5, 5.41) is 17.0. The van der Waals surface area contributed by atoms with Crippen molar-refractivity contribution in [1.29, 1.82) is 0 Å². The molecule has 26 heavy (non-hydrogen) atoms. The van der Waals surface area contributed by atoms with E-state index in [-0.39, 0.29) is 11.9 Å². The number of nitrogens with zero attached hydrogens (tertiary/aromatic N) is 4. The fraction of sp³-hybridized carbons (Fsp3) is 0.333. The first-order valence-corrected chi connectivity index (χ1v) is 8.43. The van der Waals surface area contributed by atoms with Crippen LogP contribution >= 0.6 is 0 Å². The molecule has 1 amide bonds. The predicted octanol–water partition coefficient (Wildman–Crippen LogP) is 2.90. The number of anilines is 1. The Morgan fingerprint density at radius 1 is 1.31 bits per heavy atom. The lowest BCUT2D eigenvalue weighted by molar-refractivity contribution is -0.119. The highest BCUT2D eigenvalue weighted by molar-refractivity contribution is 5.94. The number of aromatic nitrogens is 5. The van der Waals surface area contributed by atoms with E-state index in [1.807, 2.05) is 29.1 Å². The Morgan fingerprint density at radius 2 is 2.08 bits per heavy atom. The van der Waals surface area contributed by atoms with Gasteiger partial charge >= 0.3 is 0 Å². The van der Waals surface area contributed by atoms with Gasteiger partial charge in [0.15, 0.2) is 0 Å². The van der Waals surface area contributed by atoms with Gasteiger partial charge in [0, 0.05) is 18.1 Å². The van der Waals surface area contributed by atoms with E-state index in [1.54, 1.807) is 25.3 Å². The number of amides is 1. The molecule has 0 aliphatic heterocycles. The monoisotopic (exact) mass is 354 g/mol. The van der Waals surface area contributed by atoms with Crippen molar-refractivity contribution in [2.24, 2.45) is 5.92 Å². The number of carbonyl (C=O) groups excluding carboxylic acids is 1. The van der Waals surface area contributed by atoms with Crippen molar-refractivity contribution in [1.82, 2.24) is 25.2 Å². The van der Waals surface area contributed by atoms with Crippen molar-refractivity contribution in [2.75, 3.05) is 12.4 Å². The van der Waals surface area contributed by atoms with Crippen molar-refractivity contribution in [3.63, 3.8) is 0 Å². The van der Waals surface area contributed by atoms with Gasteiger partial charge in [0.2, 0.25) is 11.7 Å².